The maximum Gasteiger partial charge on any atom is 0.272 e. The molecule has 3 amide bonds. The van der Waals surface area contributed by atoms with Crippen LogP contribution in [-0.4, -0.2) is 24.3 Å². The molecule has 0 saturated heterocycles. The number of nitrogens with one attached hydrogen (secondary N) is 1. The molecule has 0 atom stereocenters. The SMILES string of the molecule is O=C(NCc1c(F)cc(F)cc1F)c1ccc2c(c1)N(C(=O)c1c(F)cccc1Cl)C(=O)CO2. The highest BCUT2D eigenvalue weighted by Crippen LogP contribution is 2.35. The molecule has 1 aliphatic rings. The van der Waals surface area contributed by atoms with E-state index in [2.05, 4.69) is 5.32 Å². The van der Waals surface area contributed by atoms with Gasteiger partial charge in [-0.15, -0.1) is 0 Å². The molecular weight excluding hydrogens is 480 g/mol. The first-order valence-corrected chi connectivity index (χ1v) is 10.0. The second-order valence-corrected chi connectivity index (χ2v) is 7.54. The van der Waals surface area contributed by atoms with Gasteiger partial charge in [0.2, 0.25) is 0 Å². The highest BCUT2D eigenvalue weighted by atomic mass is 35.5. The van der Waals surface area contributed by atoms with Gasteiger partial charge in [0.05, 0.1) is 16.3 Å². The lowest BCUT2D eigenvalue weighted by Crippen LogP contribution is -2.43. The number of hydrogen-bond donors (Lipinski definition) is 1. The molecule has 0 fully saturated rings. The van der Waals surface area contributed by atoms with Gasteiger partial charge in [-0.1, -0.05) is 17.7 Å². The van der Waals surface area contributed by atoms with Crippen LogP contribution in [0.25, 0.3) is 0 Å². The number of ether oxygens (including phenoxy) is 1. The fraction of sp³-hybridized carbons (Fsp3) is 0.0870. The molecule has 1 N–H and O–H groups in total. The third-order valence-corrected chi connectivity index (χ3v) is 5.29. The predicted molar refractivity (Wildman–Crippen MR) is 113 cm³/mol. The molecule has 0 saturated carbocycles. The Bertz CT molecular complexity index is 1310. The maximum atomic E-state index is 14.3. The average molecular weight is 493 g/mol. The normalized spacial score (nSPS) is 12.7. The van der Waals surface area contributed by atoms with Crippen LogP contribution in [0.4, 0.5) is 23.2 Å². The van der Waals surface area contributed by atoms with Crippen LogP contribution in [0.3, 0.4) is 0 Å². The average Bonchev–Trinajstić information content (AvgIpc) is 2.77. The van der Waals surface area contributed by atoms with Crippen LogP contribution in [0.2, 0.25) is 5.02 Å². The lowest BCUT2D eigenvalue weighted by atomic mass is 10.1. The smallest absolute Gasteiger partial charge is 0.272 e. The highest BCUT2D eigenvalue weighted by Gasteiger charge is 2.34. The minimum Gasteiger partial charge on any atom is -0.482 e. The van der Waals surface area contributed by atoms with Crippen molar-refractivity contribution in [3.63, 3.8) is 0 Å². The molecule has 11 heteroatoms. The summed E-state index contributed by atoms with van der Waals surface area (Å²) >= 11 is 5.96. The number of hydrogen-bond acceptors (Lipinski definition) is 4. The Balaban J connectivity index is 1.64. The first-order valence-electron chi connectivity index (χ1n) is 9.67. The molecule has 6 nitrogen and oxygen atoms in total. The van der Waals surface area contributed by atoms with E-state index in [1.54, 1.807) is 0 Å². The molecule has 3 aromatic rings. The van der Waals surface area contributed by atoms with E-state index in [1.807, 2.05) is 0 Å². The molecule has 1 heterocycles. The van der Waals surface area contributed by atoms with Gasteiger partial charge in [0, 0.05) is 29.8 Å². The van der Waals surface area contributed by atoms with Gasteiger partial charge in [0.25, 0.3) is 17.7 Å². The zero-order chi connectivity index (χ0) is 24.6. The van der Waals surface area contributed by atoms with Crippen molar-refractivity contribution in [1.29, 1.82) is 0 Å². The molecule has 0 spiro atoms. The van der Waals surface area contributed by atoms with Crippen molar-refractivity contribution >= 4 is 35.0 Å². The molecule has 0 unspecified atom stereocenters. The summed E-state index contributed by atoms with van der Waals surface area (Å²) in [6, 6.07) is 8.25. The molecular formula is C23H13ClF4N2O4. The highest BCUT2D eigenvalue weighted by molar-refractivity contribution is 6.36. The van der Waals surface area contributed by atoms with Crippen LogP contribution in [0.15, 0.2) is 48.5 Å². The Morgan fingerprint density at radius 1 is 1.00 bits per heavy atom. The minimum atomic E-state index is -1.18. The van der Waals surface area contributed by atoms with Gasteiger partial charge < -0.3 is 10.1 Å². The van der Waals surface area contributed by atoms with Crippen molar-refractivity contribution in [1.82, 2.24) is 5.32 Å². The van der Waals surface area contributed by atoms with Gasteiger partial charge in [-0.05, 0) is 30.3 Å². The number of imide groups is 1. The number of nitrogens with zero attached hydrogens (tertiary/aromatic N) is 1. The first-order chi connectivity index (χ1) is 16.2. The molecule has 3 aromatic carbocycles. The number of rotatable bonds is 4. The van der Waals surface area contributed by atoms with E-state index in [0.29, 0.717) is 17.0 Å². The van der Waals surface area contributed by atoms with Gasteiger partial charge in [0.1, 0.15) is 29.0 Å². The van der Waals surface area contributed by atoms with Gasteiger partial charge in [-0.3, -0.25) is 14.4 Å². The Hall–Kier alpha value is -3.92. The Kier molecular flexibility index (Phi) is 6.25. The summed E-state index contributed by atoms with van der Waals surface area (Å²) in [6.07, 6.45) is 0. The second-order valence-electron chi connectivity index (χ2n) is 7.13. The van der Waals surface area contributed by atoms with Crippen molar-refractivity contribution in [3.05, 3.63) is 93.5 Å². The van der Waals surface area contributed by atoms with E-state index >= 15 is 0 Å². The van der Waals surface area contributed by atoms with E-state index in [-0.39, 0.29) is 22.0 Å². The molecule has 0 aliphatic carbocycles. The van der Waals surface area contributed by atoms with E-state index < -0.39 is 65.3 Å². The summed E-state index contributed by atoms with van der Waals surface area (Å²) in [5, 5.41) is 2.06. The van der Waals surface area contributed by atoms with Crippen LogP contribution < -0.4 is 15.0 Å². The van der Waals surface area contributed by atoms with Crippen LogP contribution in [-0.2, 0) is 11.3 Å². The summed E-state index contributed by atoms with van der Waals surface area (Å²) in [4.78, 5) is 38.7. The van der Waals surface area contributed by atoms with E-state index in [0.717, 1.165) is 12.1 Å². The summed E-state index contributed by atoms with van der Waals surface area (Å²) in [7, 11) is 0. The van der Waals surface area contributed by atoms with E-state index in [9.17, 15) is 31.9 Å². The monoisotopic (exact) mass is 492 g/mol. The Labute approximate surface area is 194 Å². The van der Waals surface area contributed by atoms with Gasteiger partial charge in [-0.2, -0.15) is 0 Å². The van der Waals surface area contributed by atoms with E-state index in [1.165, 1.54) is 24.3 Å². The van der Waals surface area contributed by atoms with Crippen LogP contribution >= 0.6 is 11.6 Å². The van der Waals surface area contributed by atoms with Crippen LogP contribution in [0.5, 0.6) is 5.75 Å². The zero-order valence-corrected chi connectivity index (χ0v) is 17.8. The summed E-state index contributed by atoms with van der Waals surface area (Å²) in [6.45, 7) is -1.11. The number of carbonyl (C=O) groups is 3. The summed E-state index contributed by atoms with van der Waals surface area (Å²) in [5.74, 6) is -7.07. The standard InChI is InChI=1S/C23H13ClF4N2O4/c24-14-2-1-3-15(26)21(14)23(33)30-18-6-11(4-5-19(18)34-10-20(30)31)22(32)29-9-13-16(27)7-12(25)8-17(13)28/h1-8H,9-10H2,(H,29,32). The molecule has 4 rings (SSSR count). The molecule has 0 radical (unpaired) electrons. The van der Waals surface area contributed by atoms with Gasteiger partial charge in [0.15, 0.2) is 6.61 Å². The molecule has 34 heavy (non-hydrogen) atoms. The third kappa shape index (κ3) is 4.32. The lowest BCUT2D eigenvalue weighted by molar-refractivity contribution is -0.120. The van der Waals surface area contributed by atoms with Crippen molar-refractivity contribution in [2.45, 2.75) is 6.54 Å². The summed E-state index contributed by atoms with van der Waals surface area (Å²) in [5.41, 5.74) is -1.34. The Morgan fingerprint density at radius 3 is 2.38 bits per heavy atom. The van der Waals surface area contributed by atoms with Crippen LogP contribution in [0.1, 0.15) is 26.3 Å². The van der Waals surface area contributed by atoms with Crippen molar-refractivity contribution in [2.75, 3.05) is 11.5 Å². The van der Waals surface area contributed by atoms with Crippen LogP contribution in [0, 0.1) is 23.3 Å². The minimum absolute atomic E-state index is 0.0626. The number of halogens is 5. The quantitative estimate of drug-likeness (QED) is 0.433. The number of anilines is 1. The fourth-order valence-corrected chi connectivity index (χ4v) is 3.59. The lowest BCUT2D eigenvalue weighted by Gasteiger charge is -2.28. The largest absolute Gasteiger partial charge is 0.482 e. The molecule has 0 bridgehead atoms. The second kappa shape index (κ2) is 9.14. The van der Waals surface area contributed by atoms with Crippen molar-refractivity contribution in [3.8, 4) is 5.75 Å². The number of carbonyl (C=O) groups excluding carboxylic acids is 3. The van der Waals surface area contributed by atoms with Crippen molar-refractivity contribution in [2.24, 2.45) is 0 Å². The van der Waals surface area contributed by atoms with E-state index in [4.69, 9.17) is 16.3 Å². The number of fused-ring (bicyclic) bond motifs is 1. The first kappa shape index (κ1) is 23.2. The van der Waals surface area contributed by atoms with Gasteiger partial charge >= 0.3 is 0 Å². The molecule has 1 aliphatic heterocycles. The maximum absolute atomic E-state index is 14.3. The summed E-state index contributed by atoms with van der Waals surface area (Å²) < 4.78 is 60.3. The Morgan fingerprint density at radius 2 is 1.71 bits per heavy atom. The topological polar surface area (TPSA) is 75.7 Å². The molecule has 174 valence electrons. The third-order valence-electron chi connectivity index (χ3n) is 4.97. The van der Waals surface area contributed by atoms with Gasteiger partial charge in [-0.25, -0.2) is 22.5 Å². The molecule has 0 aromatic heterocycles. The number of benzene rings is 3. The van der Waals surface area contributed by atoms with Crippen molar-refractivity contribution < 1.29 is 36.7 Å². The predicted octanol–water partition coefficient (Wildman–Crippen LogP) is 4.39. The number of amides is 3. The fourth-order valence-electron chi connectivity index (χ4n) is 3.34. The zero-order valence-electron chi connectivity index (χ0n) is 17.0.